The summed E-state index contributed by atoms with van der Waals surface area (Å²) in [7, 11) is -7.89. The van der Waals surface area contributed by atoms with Crippen molar-refractivity contribution in [3.63, 3.8) is 0 Å². The second-order valence-electron chi connectivity index (χ2n) is 11.6. The Morgan fingerprint density at radius 2 is 1.35 bits per heavy atom. The summed E-state index contributed by atoms with van der Waals surface area (Å²) in [5.74, 6) is -0.730. The molecule has 12 nitrogen and oxygen atoms in total. The van der Waals surface area contributed by atoms with E-state index in [1.807, 2.05) is 37.3 Å². The van der Waals surface area contributed by atoms with Gasteiger partial charge in [-0.05, 0) is 60.7 Å². The summed E-state index contributed by atoms with van der Waals surface area (Å²) >= 11 is 0. The van der Waals surface area contributed by atoms with E-state index in [2.05, 4.69) is 10.0 Å². The summed E-state index contributed by atoms with van der Waals surface area (Å²) < 4.78 is 58.9. The van der Waals surface area contributed by atoms with E-state index in [0.717, 1.165) is 16.7 Å². The lowest BCUT2D eigenvalue weighted by atomic mass is 10.1. The minimum Gasteiger partial charge on any atom is -0.384 e. The maximum Gasteiger partial charge on any atom is 0.294 e. The SMILES string of the molecule is Cc1ccc(S(=O)(=O)O)cc1.N=C(N)c1ccc(CNC(=O)Cn2c(CCc3ccccc3)ccc(NS(=O)(=O)Cc3ccccc3)c2=O)cc1. The first-order valence-electron chi connectivity index (χ1n) is 15.8. The van der Waals surface area contributed by atoms with Crippen LogP contribution in [0.1, 0.15) is 33.5 Å². The molecule has 0 aliphatic rings. The number of carbonyl (C=O) groups is 1. The molecule has 0 aliphatic carbocycles. The number of aromatic nitrogens is 1. The fourth-order valence-corrected chi connectivity index (χ4v) is 6.59. The third-order valence-electron chi connectivity index (χ3n) is 7.62. The molecule has 0 bridgehead atoms. The highest BCUT2D eigenvalue weighted by molar-refractivity contribution is 7.91. The summed E-state index contributed by atoms with van der Waals surface area (Å²) in [5, 5.41) is 10.3. The molecule has 0 saturated heterocycles. The second-order valence-corrected chi connectivity index (χ2v) is 14.8. The van der Waals surface area contributed by atoms with Crippen LogP contribution in [0.15, 0.2) is 131 Å². The van der Waals surface area contributed by atoms with Gasteiger partial charge in [0.05, 0.1) is 10.6 Å². The third-order valence-corrected chi connectivity index (χ3v) is 9.73. The van der Waals surface area contributed by atoms with E-state index >= 15 is 0 Å². The highest BCUT2D eigenvalue weighted by Crippen LogP contribution is 2.14. The van der Waals surface area contributed by atoms with Crippen LogP contribution < -0.4 is 21.3 Å². The number of hydrogen-bond acceptors (Lipinski definition) is 7. The van der Waals surface area contributed by atoms with Gasteiger partial charge >= 0.3 is 0 Å². The molecule has 1 amide bonds. The van der Waals surface area contributed by atoms with Crippen LogP contribution in [0.4, 0.5) is 5.69 Å². The van der Waals surface area contributed by atoms with Crippen LogP contribution in [0.2, 0.25) is 0 Å². The van der Waals surface area contributed by atoms with E-state index in [0.29, 0.717) is 29.7 Å². The van der Waals surface area contributed by atoms with E-state index < -0.39 is 31.6 Å². The third kappa shape index (κ3) is 12.1. The van der Waals surface area contributed by atoms with Gasteiger partial charge in [-0.3, -0.25) is 24.3 Å². The zero-order valence-electron chi connectivity index (χ0n) is 27.8. The molecule has 5 aromatic rings. The Bertz CT molecular complexity index is 2230. The standard InChI is InChI=1S/C30H31N5O4S.C7H8O3S/c31-29(32)25-14-11-23(12-15-25)19-33-28(36)20-35-26(16-13-22-7-3-1-4-8-22)17-18-27(30(35)37)34-40(38,39)21-24-9-5-2-6-10-24;1-6-2-4-7(5-3-6)11(8,9)10/h1-12,14-15,17-18,34H,13,16,19-21H2,(H3,31,32)(H,33,36);2-5H,1H3,(H,8,9,10). The normalized spacial score (nSPS) is 11.2. The molecular formula is C37H39N5O7S2. The van der Waals surface area contributed by atoms with Crippen LogP contribution >= 0.6 is 0 Å². The quantitative estimate of drug-likeness (QED) is 0.0666. The number of amidine groups is 1. The maximum absolute atomic E-state index is 13.5. The van der Waals surface area contributed by atoms with Gasteiger partial charge in [0.25, 0.3) is 15.7 Å². The van der Waals surface area contributed by atoms with Gasteiger partial charge in [-0.2, -0.15) is 8.42 Å². The molecule has 0 unspecified atom stereocenters. The largest absolute Gasteiger partial charge is 0.384 e. The first-order valence-corrected chi connectivity index (χ1v) is 18.8. The number of rotatable bonds is 13. The van der Waals surface area contributed by atoms with Gasteiger partial charge in [0.15, 0.2) is 0 Å². The van der Waals surface area contributed by atoms with Crippen molar-refractivity contribution in [1.29, 1.82) is 5.41 Å². The average Bonchev–Trinajstić information content (AvgIpc) is 3.09. The number of nitrogens with zero attached hydrogens (tertiary/aromatic N) is 1. The molecule has 1 aromatic heterocycles. The van der Waals surface area contributed by atoms with E-state index in [1.54, 1.807) is 72.8 Å². The maximum atomic E-state index is 13.5. The van der Waals surface area contributed by atoms with Crippen molar-refractivity contribution in [2.45, 2.75) is 43.5 Å². The minimum absolute atomic E-state index is 0.0442. The van der Waals surface area contributed by atoms with Crippen molar-refractivity contribution < 1.29 is 26.2 Å². The molecule has 0 radical (unpaired) electrons. The number of sulfonamides is 1. The monoisotopic (exact) mass is 729 g/mol. The van der Waals surface area contributed by atoms with Crippen molar-refractivity contribution >= 4 is 37.6 Å². The minimum atomic E-state index is -4.02. The molecule has 0 fully saturated rings. The summed E-state index contributed by atoms with van der Waals surface area (Å²) in [6.45, 7) is 1.78. The Kier molecular flexibility index (Phi) is 13.0. The lowest BCUT2D eigenvalue weighted by Gasteiger charge is -2.16. The van der Waals surface area contributed by atoms with Crippen molar-refractivity contribution in [3.05, 3.63) is 165 Å². The molecule has 4 aromatic carbocycles. The fourth-order valence-electron chi connectivity index (χ4n) is 4.91. The number of nitrogen functional groups attached to an aromatic ring is 1. The summed E-state index contributed by atoms with van der Waals surface area (Å²) in [4.78, 5) is 26.3. The molecule has 0 saturated carbocycles. The summed E-state index contributed by atoms with van der Waals surface area (Å²) in [6.07, 6.45) is 1.12. The van der Waals surface area contributed by atoms with Gasteiger partial charge in [-0.1, -0.05) is 103 Å². The summed E-state index contributed by atoms with van der Waals surface area (Å²) in [6, 6.07) is 34.5. The van der Waals surface area contributed by atoms with E-state index in [1.165, 1.54) is 22.8 Å². The smallest absolute Gasteiger partial charge is 0.294 e. The number of pyridine rings is 1. The number of benzene rings is 4. The molecule has 266 valence electrons. The Morgan fingerprint density at radius 1 is 0.765 bits per heavy atom. The molecule has 5 rings (SSSR count). The first-order chi connectivity index (χ1) is 24.2. The highest BCUT2D eigenvalue weighted by Gasteiger charge is 2.18. The van der Waals surface area contributed by atoms with Crippen LogP contribution in [0.25, 0.3) is 0 Å². The number of aryl methyl sites for hydroxylation is 3. The van der Waals surface area contributed by atoms with Crippen LogP contribution in [0.5, 0.6) is 0 Å². The van der Waals surface area contributed by atoms with E-state index in [9.17, 15) is 26.4 Å². The Labute approximate surface area is 297 Å². The van der Waals surface area contributed by atoms with Gasteiger partial charge in [0.1, 0.15) is 18.1 Å². The van der Waals surface area contributed by atoms with Crippen LogP contribution in [0, 0.1) is 12.3 Å². The molecular weight excluding hydrogens is 691 g/mol. The van der Waals surface area contributed by atoms with Gasteiger partial charge in [0, 0.05) is 17.8 Å². The summed E-state index contributed by atoms with van der Waals surface area (Å²) in [5.41, 5.74) is 9.39. The van der Waals surface area contributed by atoms with Gasteiger partial charge in [-0.15, -0.1) is 0 Å². The van der Waals surface area contributed by atoms with Crippen LogP contribution in [-0.2, 0) is 56.6 Å². The molecule has 6 N–H and O–H groups in total. The Balaban J connectivity index is 0.000000452. The van der Waals surface area contributed by atoms with Crippen LogP contribution in [0.3, 0.4) is 0 Å². The van der Waals surface area contributed by atoms with Crippen molar-refractivity contribution in [2.24, 2.45) is 5.73 Å². The molecule has 0 spiro atoms. The van der Waals surface area contributed by atoms with Crippen molar-refractivity contribution in [3.8, 4) is 0 Å². The lowest BCUT2D eigenvalue weighted by molar-refractivity contribution is -0.121. The number of nitrogens with one attached hydrogen (secondary N) is 3. The molecule has 1 heterocycles. The molecule has 51 heavy (non-hydrogen) atoms. The molecule has 0 aliphatic heterocycles. The average molecular weight is 730 g/mol. The molecule has 14 heteroatoms. The van der Waals surface area contributed by atoms with Gasteiger partial charge in [-0.25, -0.2) is 8.42 Å². The Hall–Kier alpha value is -5.57. The topological polar surface area (TPSA) is 202 Å². The predicted octanol–water partition coefficient (Wildman–Crippen LogP) is 4.42. The number of carbonyl (C=O) groups excluding carboxylic acids is 1. The zero-order valence-corrected chi connectivity index (χ0v) is 29.5. The van der Waals surface area contributed by atoms with Gasteiger partial charge < -0.3 is 15.6 Å². The number of anilines is 1. The number of nitrogens with two attached hydrogens (primary N) is 1. The number of hydrogen-bond donors (Lipinski definition) is 5. The first kappa shape index (κ1) is 38.2. The Morgan fingerprint density at radius 3 is 1.92 bits per heavy atom. The highest BCUT2D eigenvalue weighted by atomic mass is 32.2. The van der Waals surface area contributed by atoms with Crippen molar-refractivity contribution in [1.82, 2.24) is 9.88 Å². The number of amides is 1. The van der Waals surface area contributed by atoms with E-state index in [4.69, 9.17) is 15.7 Å². The lowest BCUT2D eigenvalue weighted by Crippen LogP contribution is -2.35. The molecule has 0 atom stereocenters. The van der Waals surface area contributed by atoms with Gasteiger partial charge in [0.2, 0.25) is 15.9 Å². The van der Waals surface area contributed by atoms with E-state index in [-0.39, 0.29) is 35.3 Å². The predicted molar refractivity (Wildman–Crippen MR) is 198 cm³/mol. The van der Waals surface area contributed by atoms with Crippen molar-refractivity contribution in [2.75, 3.05) is 4.72 Å². The second kappa shape index (κ2) is 17.4. The van der Waals surface area contributed by atoms with Crippen LogP contribution in [-0.4, -0.2) is 37.7 Å². The zero-order chi connectivity index (χ0) is 37.0. The fraction of sp³-hybridized carbons (Fsp3) is 0.162.